The fourth-order valence-electron chi connectivity index (χ4n) is 1.81. The van der Waals surface area contributed by atoms with Crippen LogP contribution in [0.5, 0.6) is 0 Å². The number of thioether (sulfide) groups is 2. The van der Waals surface area contributed by atoms with Gasteiger partial charge in [0.25, 0.3) is 0 Å². The molecule has 6 heteroatoms. The first-order chi connectivity index (χ1) is 9.34. The lowest BCUT2D eigenvalue weighted by Crippen LogP contribution is -2.36. The van der Waals surface area contributed by atoms with E-state index in [2.05, 4.69) is 5.32 Å². The predicted octanol–water partition coefficient (Wildman–Crippen LogP) is 1.60. The highest BCUT2D eigenvalue weighted by molar-refractivity contribution is 8.06. The molecule has 2 unspecified atom stereocenters. The molecule has 2 heterocycles. The number of rotatable bonds is 8. The molecule has 108 valence electrons. The summed E-state index contributed by atoms with van der Waals surface area (Å²) in [5.74, 6) is 4.51. The number of aliphatic hydroxyl groups excluding tert-OH is 1. The van der Waals surface area contributed by atoms with Crippen molar-refractivity contribution < 1.29 is 14.3 Å². The lowest BCUT2D eigenvalue weighted by atomic mass is 10.3. The van der Waals surface area contributed by atoms with Crippen molar-refractivity contribution in [3.05, 3.63) is 24.2 Å². The minimum atomic E-state index is -0.462. The number of ether oxygens (including phenoxy) is 1. The molecule has 1 aromatic heterocycles. The Labute approximate surface area is 122 Å². The highest BCUT2D eigenvalue weighted by atomic mass is 32.2. The van der Waals surface area contributed by atoms with Gasteiger partial charge in [0.05, 0.1) is 19.0 Å². The molecular weight excluding hydrogens is 282 g/mol. The maximum absolute atomic E-state index is 9.78. The lowest BCUT2D eigenvalue weighted by molar-refractivity contribution is 0.0228. The van der Waals surface area contributed by atoms with Gasteiger partial charge in [0.2, 0.25) is 0 Å². The van der Waals surface area contributed by atoms with Crippen LogP contribution < -0.4 is 5.32 Å². The van der Waals surface area contributed by atoms with E-state index in [1.165, 1.54) is 17.3 Å². The molecule has 0 aromatic carbocycles. The van der Waals surface area contributed by atoms with Crippen molar-refractivity contribution in [2.24, 2.45) is 0 Å². The fourth-order valence-corrected chi connectivity index (χ4v) is 4.46. The van der Waals surface area contributed by atoms with Crippen LogP contribution >= 0.6 is 23.5 Å². The van der Waals surface area contributed by atoms with Gasteiger partial charge in [-0.15, -0.1) is 0 Å². The SMILES string of the molecule is OC(CNCC1CSCCS1)COCc1ccco1. The van der Waals surface area contributed by atoms with Gasteiger partial charge in [0, 0.05) is 35.6 Å². The predicted molar refractivity (Wildman–Crippen MR) is 80.8 cm³/mol. The molecule has 0 saturated carbocycles. The van der Waals surface area contributed by atoms with E-state index in [9.17, 15) is 5.11 Å². The van der Waals surface area contributed by atoms with Gasteiger partial charge >= 0.3 is 0 Å². The standard InChI is InChI=1S/C13H21NO3S2/c15-11(8-16-9-12-2-1-3-17-12)6-14-7-13-10-18-4-5-19-13/h1-3,11,13-15H,4-10H2. The second-order valence-corrected chi connectivity index (χ2v) is 7.03. The normalized spacial score (nSPS) is 21.4. The monoisotopic (exact) mass is 303 g/mol. The summed E-state index contributed by atoms with van der Waals surface area (Å²) in [6, 6.07) is 3.69. The first-order valence-electron chi connectivity index (χ1n) is 6.53. The smallest absolute Gasteiger partial charge is 0.129 e. The molecule has 1 aromatic rings. The van der Waals surface area contributed by atoms with E-state index in [0.29, 0.717) is 25.0 Å². The van der Waals surface area contributed by atoms with Gasteiger partial charge in [0.15, 0.2) is 0 Å². The van der Waals surface area contributed by atoms with Gasteiger partial charge in [-0.2, -0.15) is 23.5 Å². The molecule has 1 aliphatic rings. The minimum Gasteiger partial charge on any atom is -0.467 e. The molecule has 0 radical (unpaired) electrons. The van der Waals surface area contributed by atoms with Crippen LogP contribution in [0.2, 0.25) is 0 Å². The third kappa shape index (κ3) is 6.23. The Hall–Kier alpha value is -0.140. The molecule has 0 aliphatic carbocycles. The summed E-state index contributed by atoms with van der Waals surface area (Å²) in [5.41, 5.74) is 0. The molecule has 2 rings (SSSR count). The van der Waals surface area contributed by atoms with Gasteiger partial charge in [-0.3, -0.25) is 0 Å². The highest BCUT2D eigenvalue weighted by Crippen LogP contribution is 2.23. The molecule has 19 heavy (non-hydrogen) atoms. The Kier molecular flexibility index (Phi) is 7.16. The molecular formula is C13H21NO3S2. The van der Waals surface area contributed by atoms with Crippen LogP contribution in [0.3, 0.4) is 0 Å². The van der Waals surface area contributed by atoms with Crippen LogP contribution in [-0.4, -0.2) is 53.4 Å². The first kappa shape index (κ1) is 15.3. The topological polar surface area (TPSA) is 54.6 Å². The maximum atomic E-state index is 9.78. The van der Waals surface area contributed by atoms with Gasteiger partial charge in [-0.1, -0.05) is 0 Å². The van der Waals surface area contributed by atoms with Crippen molar-refractivity contribution in [1.29, 1.82) is 0 Å². The third-order valence-electron chi connectivity index (χ3n) is 2.77. The number of hydrogen-bond donors (Lipinski definition) is 2. The van der Waals surface area contributed by atoms with Gasteiger partial charge < -0.3 is 19.6 Å². The van der Waals surface area contributed by atoms with Crippen LogP contribution in [0.15, 0.2) is 22.8 Å². The van der Waals surface area contributed by atoms with Crippen LogP contribution in [0, 0.1) is 0 Å². The fraction of sp³-hybridized carbons (Fsp3) is 0.692. The molecule has 1 aliphatic heterocycles. The van der Waals surface area contributed by atoms with Crippen LogP contribution in [0.25, 0.3) is 0 Å². The van der Waals surface area contributed by atoms with Crippen LogP contribution in [0.4, 0.5) is 0 Å². The van der Waals surface area contributed by atoms with Crippen molar-refractivity contribution in [1.82, 2.24) is 5.32 Å². The third-order valence-corrected chi connectivity index (χ3v) is 5.62. The summed E-state index contributed by atoms with van der Waals surface area (Å²) in [4.78, 5) is 0. The zero-order valence-corrected chi connectivity index (χ0v) is 12.5. The number of furan rings is 1. The number of hydrogen-bond acceptors (Lipinski definition) is 6. The van der Waals surface area contributed by atoms with Crippen molar-refractivity contribution in [3.8, 4) is 0 Å². The highest BCUT2D eigenvalue weighted by Gasteiger charge is 2.14. The lowest BCUT2D eigenvalue weighted by Gasteiger charge is -2.22. The van der Waals surface area contributed by atoms with E-state index < -0.39 is 6.10 Å². The Balaban J connectivity index is 1.48. The zero-order chi connectivity index (χ0) is 13.3. The molecule has 2 atom stereocenters. The number of aliphatic hydroxyl groups is 1. The molecule has 1 fully saturated rings. The van der Waals surface area contributed by atoms with Crippen molar-refractivity contribution >= 4 is 23.5 Å². The Bertz CT molecular complexity index is 329. The summed E-state index contributed by atoms with van der Waals surface area (Å²) >= 11 is 4.04. The molecule has 4 nitrogen and oxygen atoms in total. The quantitative estimate of drug-likeness (QED) is 0.761. The summed E-state index contributed by atoms with van der Waals surface area (Å²) < 4.78 is 10.5. The maximum Gasteiger partial charge on any atom is 0.129 e. The summed E-state index contributed by atoms with van der Waals surface area (Å²) in [6.07, 6.45) is 1.16. The summed E-state index contributed by atoms with van der Waals surface area (Å²) in [6.45, 7) is 2.30. The van der Waals surface area contributed by atoms with Crippen LogP contribution in [-0.2, 0) is 11.3 Å². The second kappa shape index (κ2) is 8.92. The Morgan fingerprint density at radius 1 is 1.53 bits per heavy atom. The van der Waals surface area contributed by atoms with E-state index in [1.54, 1.807) is 6.26 Å². The molecule has 2 N–H and O–H groups in total. The van der Waals surface area contributed by atoms with E-state index in [-0.39, 0.29) is 0 Å². The average Bonchev–Trinajstić information content (AvgIpc) is 2.93. The largest absolute Gasteiger partial charge is 0.467 e. The van der Waals surface area contributed by atoms with E-state index in [4.69, 9.17) is 9.15 Å². The van der Waals surface area contributed by atoms with Gasteiger partial charge in [0.1, 0.15) is 12.4 Å². The van der Waals surface area contributed by atoms with Gasteiger partial charge in [-0.25, -0.2) is 0 Å². The molecule has 0 spiro atoms. The second-order valence-electron chi connectivity index (χ2n) is 4.47. The van der Waals surface area contributed by atoms with Crippen molar-refractivity contribution in [2.45, 2.75) is 18.0 Å². The van der Waals surface area contributed by atoms with E-state index in [1.807, 2.05) is 35.7 Å². The van der Waals surface area contributed by atoms with E-state index >= 15 is 0 Å². The Morgan fingerprint density at radius 2 is 2.47 bits per heavy atom. The molecule has 1 saturated heterocycles. The average molecular weight is 303 g/mol. The van der Waals surface area contributed by atoms with Crippen molar-refractivity contribution in [2.75, 3.05) is 37.0 Å². The van der Waals surface area contributed by atoms with Gasteiger partial charge in [-0.05, 0) is 12.1 Å². The summed E-state index contributed by atoms with van der Waals surface area (Å²) in [7, 11) is 0. The zero-order valence-electron chi connectivity index (χ0n) is 10.9. The van der Waals surface area contributed by atoms with E-state index in [0.717, 1.165) is 12.3 Å². The summed E-state index contributed by atoms with van der Waals surface area (Å²) in [5, 5.41) is 13.8. The Morgan fingerprint density at radius 3 is 3.21 bits per heavy atom. The first-order valence-corrected chi connectivity index (χ1v) is 8.73. The number of nitrogens with one attached hydrogen (secondary N) is 1. The molecule has 0 amide bonds. The van der Waals surface area contributed by atoms with Crippen LogP contribution in [0.1, 0.15) is 5.76 Å². The molecule has 0 bridgehead atoms. The minimum absolute atomic E-state index is 0.334. The van der Waals surface area contributed by atoms with Crippen molar-refractivity contribution in [3.63, 3.8) is 0 Å².